The van der Waals surface area contributed by atoms with Gasteiger partial charge in [-0.1, -0.05) is 0 Å². The average molecular weight is 219 g/mol. The first-order valence-corrected chi connectivity index (χ1v) is 5.08. The number of fused-ring (bicyclic) bond motifs is 1. The maximum atomic E-state index is 11.6. The minimum absolute atomic E-state index is 0.359. The summed E-state index contributed by atoms with van der Waals surface area (Å²) in [5.74, 6) is 0.772. The third kappa shape index (κ3) is 1.74. The maximum Gasteiger partial charge on any atom is 0.418 e. The molecule has 0 saturated carbocycles. The highest BCUT2D eigenvalue weighted by molar-refractivity contribution is 5.90. The highest BCUT2D eigenvalue weighted by Gasteiger charge is 2.09. The Morgan fingerprint density at radius 1 is 1.38 bits per heavy atom. The number of nitrogens with zero attached hydrogens (tertiary/aromatic N) is 1. The number of hydrogen-bond donors (Lipinski definition) is 0. The van der Waals surface area contributed by atoms with E-state index >= 15 is 0 Å². The van der Waals surface area contributed by atoms with Crippen molar-refractivity contribution in [3.8, 4) is 5.75 Å². The Balaban J connectivity index is 2.45. The van der Waals surface area contributed by atoms with Crippen LogP contribution in [0.1, 0.15) is 6.92 Å². The van der Waals surface area contributed by atoms with Crippen LogP contribution in [-0.2, 0) is 4.74 Å². The van der Waals surface area contributed by atoms with E-state index in [0.717, 1.165) is 16.7 Å². The molecule has 4 nitrogen and oxygen atoms in total. The number of carbonyl (C=O) groups is 1. The molecular formula is C12H13NO3. The lowest BCUT2D eigenvalue weighted by atomic mass is 10.2. The molecule has 1 heterocycles. The number of ether oxygens (including phenoxy) is 2. The first-order valence-electron chi connectivity index (χ1n) is 5.08. The number of methoxy groups -OCH3 is 1. The summed E-state index contributed by atoms with van der Waals surface area (Å²) in [6.45, 7) is 2.15. The predicted molar refractivity (Wildman–Crippen MR) is 60.9 cm³/mol. The molecule has 0 aliphatic carbocycles. The Morgan fingerprint density at radius 3 is 2.88 bits per heavy atom. The molecule has 1 aromatic carbocycles. The first kappa shape index (κ1) is 10.5. The Labute approximate surface area is 93.4 Å². The number of hydrogen-bond acceptors (Lipinski definition) is 3. The van der Waals surface area contributed by atoms with E-state index in [9.17, 15) is 4.79 Å². The van der Waals surface area contributed by atoms with Crippen molar-refractivity contribution in [3.05, 3.63) is 30.5 Å². The SMILES string of the molecule is CCOC(=O)n1ccc2cc(OC)ccc21. The normalized spacial score (nSPS) is 10.4. The van der Waals surface area contributed by atoms with Crippen molar-refractivity contribution in [1.29, 1.82) is 0 Å². The zero-order chi connectivity index (χ0) is 11.5. The van der Waals surface area contributed by atoms with Gasteiger partial charge >= 0.3 is 6.09 Å². The highest BCUT2D eigenvalue weighted by Crippen LogP contribution is 2.21. The monoisotopic (exact) mass is 219 g/mol. The fourth-order valence-corrected chi connectivity index (χ4v) is 1.60. The van der Waals surface area contributed by atoms with Crippen molar-refractivity contribution < 1.29 is 14.3 Å². The predicted octanol–water partition coefficient (Wildman–Crippen LogP) is 2.65. The van der Waals surface area contributed by atoms with E-state index in [4.69, 9.17) is 9.47 Å². The zero-order valence-electron chi connectivity index (χ0n) is 9.27. The number of aromatic nitrogens is 1. The minimum atomic E-state index is -0.359. The molecule has 0 fully saturated rings. The fourth-order valence-electron chi connectivity index (χ4n) is 1.60. The third-order valence-corrected chi connectivity index (χ3v) is 2.36. The van der Waals surface area contributed by atoms with E-state index < -0.39 is 0 Å². The van der Waals surface area contributed by atoms with Crippen LogP contribution < -0.4 is 4.74 Å². The van der Waals surface area contributed by atoms with Crippen molar-refractivity contribution in [3.63, 3.8) is 0 Å². The molecule has 4 heteroatoms. The van der Waals surface area contributed by atoms with Gasteiger partial charge in [0.15, 0.2) is 0 Å². The van der Waals surface area contributed by atoms with Crippen molar-refractivity contribution in [1.82, 2.24) is 4.57 Å². The van der Waals surface area contributed by atoms with Crippen molar-refractivity contribution in [2.24, 2.45) is 0 Å². The molecule has 0 unspecified atom stereocenters. The van der Waals surface area contributed by atoms with Gasteiger partial charge in [0.25, 0.3) is 0 Å². The lowest BCUT2D eigenvalue weighted by Crippen LogP contribution is -2.11. The van der Waals surface area contributed by atoms with Gasteiger partial charge in [0, 0.05) is 11.6 Å². The lowest BCUT2D eigenvalue weighted by molar-refractivity contribution is 0.155. The summed E-state index contributed by atoms with van der Waals surface area (Å²) in [4.78, 5) is 11.6. The molecular weight excluding hydrogens is 206 g/mol. The fraction of sp³-hybridized carbons (Fsp3) is 0.250. The van der Waals surface area contributed by atoms with Crippen LogP contribution in [-0.4, -0.2) is 24.4 Å². The van der Waals surface area contributed by atoms with E-state index in [-0.39, 0.29) is 6.09 Å². The molecule has 0 radical (unpaired) electrons. The first-order chi connectivity index (χ1) is 7.76. The van der Waals surface area contributed by atoms with Crippen LogP contribution in [0.3, 0.4) is 0 Å². The van der Waals surface area contributed by atoms with E-state index in [1.54, 1.807) is 20.2 Å². The van der Waals surface area contributed by atoms with Crippen LogP contribution in [0.25, 0.3) is 10.9 Å². The summed E-state index contributed by atoms with van der Waals surface area (Å²) in [5, 5.41) is 0.951. The number of carbonyl (C=O) groups excluding carboxylic acids is 1. The molecule has 0 spiro atoms. The maximum absolute atomic E-state index is 11.6. The van der Waals surface area contributed by atoms with Gasteiger partial charge in [-0.25, -0.2) is 4.79 Å². The van der Waals surface area contributed by atoms with Crippen molar-refractivity contribution >= 4 is 17.0 Å². The van der Waals surface area contributed by atoms with Gasteiger partial charge in [0.2, 0.25) is 0 Å². The Kier molecular flexibility index (Phi) is 2.81. The minimum Gasteiger partial charge on any atom is -0.497 e. The van der Waals surface area contributed by atoms with Crippen LogP contribution in [0.5, 0.6) is 5.75 Å². The zero-order valence-corrected chi connectivity index (χ0v) is 9.27. The molecule has 0 saturated heterocycles. The van der Waals surface area contributed by atoms with Gasteiger partial charge in [-0.05, 0) is 31.2 Å². The molecule has 0 N–H and O–H groups in total. The second kappa shape index (κ2) is 4.26. The van der Waals surface area contributed by atoms with E-state index in [2.05, 4.69) is 0 Å². The molecule has 0 atom stereocenters. The molecule has 0 bridgehead atoms. The topological polar surface area (TPSA) is 40.5 Å². The Morgan fingerprint density at radius 2 is 2.19 bits per heavy atom. The molecule has 0 amide bonds. The van der Waals surface area contributed by atoms with Gasteiger partial charge in [0.05, 0.1) is 19.2 Å². The quantitative estimate of drug-likeness (QED) is 0.779. The molecule has 2 rings (SSSR count). The van der Waals surface area contributed by atoms with Gasteiger partial charge < -0.3 is 9.47 Å². The van der Waals surface area contributed by atoms with Gasteiger partial charge in [-0.3, -0.25) is 4.57 Å². The van der Waals surface area contributed by atoms with E-state index in [1.807, 2.05) is 24.3 Å². The van der Waals surface area contributed by atoms with Crippen LogP contribution in [0.2, 0.25) is 0 Å². The van der Waals surface area contributed by atoms with Gasteiger partial charge in [-0.2, -0.15) is 0 Å². The summed E-state index contributed by atoms with van der Waals surface area (Å²) in [5.41, 5.74) is 0.819. The van der Waals surface area contributed by atoms with Crippen LogP contribution in [0.4, 0.5) is 4.79 Å². The molecule has 84 valence electrons. The van der Waals surface area contributed by atoms with Crippen LogP contribution in [0.15, 0.2) is 30.5 Å². The largest absolute Gasteiger partial charge is 0.497 e. The second-order valence-electron chi connectivity index (χ2n) is 3.31. The summed E-state index contributed by atoms with van der Waals surface area (Å²) in [7, 11) is 1.61. The second-order valence-corrected chi connectivity index (χ2v) is 3.31. The average Bonchev–Trinajstić information content (AvgIpc) is 2.71. The van der Waals surface area contributed by atoms with Gasteiger partial charge in [-0.15, -0.1) is 0 Å². The Bertz CT molecular complexity index is 516. The molecule has 0 aliphatic heterocycles. The van der Waals surface area contributed by atoms with Crippen LogP contribution in [0, 0.1) is 0 Å². The third-order valence-electron chi connectivity index (χ3n) is 2.36. The summed E-state index contributed by atoms with van der Waals surface area (Å²) >= 11 is 0. The molecule has 1 aromatic heterocycles. The smallest absolute Gasteiger partial charge is 0.418 e. The molecule has 16 heavy (non-hydrogen) atoms. The van der Waals surface area contributed by atoms with Crippen molar-refractivity contribution in [2.75, 3.05) is 13.7 Å². The Hall–Kier alpha value is -1.97. The van der Waals surface area contributed by atoms with E-state index in [0.29, 0.717) is 6.61 Å². The highest BCUT2D eigenvalue weighted by atomic mass is 16.5. The van der Waals surface area contributed by atoms with E-state index in [1.165, 1.54) is 4.57 Å². The van der Waals surface area contributed by atoms with Crippen molar-refractivity contribution in [2.45, 2.75) is 6.92 Å². The molecule has 2 aromatic rings. The summed E-state index contributed by atoms with van der Waals surface area (Å²) < 4.78 is 11.5. The molecule has 0 aliphatic rings. The van der Waals surface area contributed by atoms with Gasteiger partial charge in [0.1, 0.15) is 5.75 Å². The lowest BCUT2D eigenvalue weighted by Gasteiger charge is -2.04. The summed E-state index contributed by atoms with van der Waals surface area (Å²) in [6, 6.07) is 7.39. The van der Waals surface area contributed by atoms with Crippen LogP contribution >= 0.6 is 0 Å². The number of rotatable bonds is 2. The summed E-state index contributed by atoms with van der Waals surface area (Å²) in [6.07, 6.45) is 1.34. The number of benzene rings is 1. The standard InChI is InChI=1S/C12H13NO3/c1-3-16-12(14)13-7-6-9-8-10(15-2)4-5-11(9)13/h4-8H,3H2,1-2H3.